The number of benzene rings is 2. The molecule has 0 aliphatic carbocycles. The molecule has 2 rings (SSSR count). The number of nitro benzene ring substituents is 1. The smallest absolute Gasteiger partial charge is 0.272 e. The van der Waals surface area contributed by atoms with Crippen LogP contribution < -0.4 is 4.74 Å². The van der Waals surface area contributed by atoms with Crippen molar-refractivity contribution in [2.45, 2.75) is 6.42 Å². The Morgan fingerprint density at radius 2 is 1.95 bits per heavy atom. The van der Waals surface area contributed by atoms with Crippen molar-refractivity contribution in [3.63, 3.8) is 0 Å². The van der Waals surface area contributed by atoms with E-state index in [1.165, 1.54) is 12.1 Å². The molecule has 0 atom stereocenters. The summed E-state index contributed by atoms with van der Waals surface area (Å²) in [5.74, 6) is 0.774. The molecule has 0 aromatic heterocycles. The highest BCUT2D eigenvalue weighted by molar-refractivity contribution is 6.30. The number of methoxy groups -OCH3 is 1. The molecular weight excluding hydrogens is 278 g/mol. The Morgan fingerprint density at radius 1 is 1.25 bits per heavy atom. The van der Waals surface area contributed by atoms with Crippen molar-refractivity contribution in [1.29, 1.82) is 0 Å². The summed E-state index contributed by atoms with van der Waals surface area (Å²) in [5, 5.41) is 11.5. The maximum atomic E-state index is 11.0. The molecule has 0 saturated carbocycles. The van der Waals surface area contributed by atoms with E-state index in [-0.39, 0.29) is 5.69 Å². The molecule has 20 heavy (non-hydrogen) atoms. The van der Waals surface area contributed by atoms with Crippen molar-refractivity contribution in [3.8, 4) is 5.75 Å². The second kappa shape index (κ2) is 6.39. The predicted octanol–water partition coefficient (Wildman–Crippen LogP) is 4.05. The summed E-state index contributed by atoms with van der Waals surface area (Å²) in [6.07, 6.45) is 2.36. The third kappa shape index (κ3) is 3.48. The average Bonchev–Trinajstić information content (AvgIpc) is 2.45. The first-order chi connectivity index (χ1) is 9.60. The number of halogens is 1. The molecule has 4 nitrogen and oxygen atoms in total. The molecule has 103 valence electrons. The van der Waals surface area contributed by atoms with E-state index in [9.17, 15) is 10.1 Å². The molecule has 0 spiro atoms. The van der Waals surface area contributed by atoms with Crippen molar-refractivity contribution in [2.75, 3.05) is 7.11 Å². The minimum absolute atomic E-state index is 0.0826. The van der Waals surface area contributed by atoms with Crippen LogP contribution in [0.3, 0.4) is 0 Å². The predicted molar refractivity (Wildman–Crippen MR) is 78.2 cm³/mol. The zero-order valence-corrected chi connectivity index (χ0v) is 11.6. The average molecular weight is 291 g/mol. The minimum Gasteiger partial charge on any atom is -0.497 e. The molecule has 0 saturated heterocycles. The lowest BCUT2D eigenvalue weighted by Gasteiger charge is -2.05. The van der Waals surface area contributed by atoms with E-state index in [0.29, 0.717) is 17.0 Å². The van der Waals surface area contributed by atoms with E-state index in [0.717, 1.165) is 11.3 Å². The van der Waals surface area contributed by atoms with E-state index in [4.69, 9.17) is 16.3 Å². The van der Waals surface area contributed by atoms with Gasteiger partial charge in [-0.15, -0.1) is 0 Å². The second-order valence-electron chi connectivity index (χ2n) is 4.21. The first kappa shape index (κ1) is 14.3. The Balaban J connectivity index is 2.13. The Hall–Kier alpha value is -2.07. The Morgan fingerprint density at radius 3 is 2.55 bits per heavy atom. The Labute approximate surface area is 122 Å². The normalized spacial score (nSPS) is 10.3. The molecule has 0 heterocycles. The van der Waals surface area contributed by atoms with E-state index >= 15 is 0 Å². The van der Waals surface area contributed by atoms with Crippen LogP contribution in [-0.4, -0.2) is 12.0 Å². The summed E-state index contributed by atoms with van der Waals surface area (Å²) in [7, 11) is 1.61. The van der Waals surface area contributed by atoms with Gasteiger partial charge in [-0.25, -0.2) is 0 Å². The van der Waals surface area contributed by atoms with Crippen molar-refractivity contribution >= 4 is 17.3 Å². The van der Waals surface area contributed by atoms with Crippen LogP contribution in [0.1, 0.15) is 11.1 Å². The molecule has 2 aromatic carbocycles. The zero-order valence-electron chi connectivity index (χ0n) is 10.9. The van der Waals surface area contributed by atoms with Gasteiger partial charge in [-0.3, -0.25) is 10.1 Å². The van der Waals surface area contributed by atoms with Gasteiger partial charge in [0.05, 0.1) is 12.0 Å². The highest BCUT2D eigenvalue weighted by Gasteiger charge is 2.13. The number of nitro groups is 1. The second-order valence-corrected chi connectivity index (χ2v) is 4.65. The molecule has 2 aromatic rings. The number of ether oxygens (including phenoxy) is 1. The van der Waals surface area contributed by atoms with Gasteiger partial charge in [0.1, 0.15) is 5.75 Å². The standard InChI is InChI=1S/C15H13ClNO3/c1-20-14-7-3-11(4-8-14)2-5-12-10-13(16)6-9-15(12)17(18)19/h2-4,6-10H,5H2,1H3. The lowest BCUT2D eigenvalue weighted by molar-refractivity contribution is -0.385. The number of hydrogen-bond donors (Lipinski definition) is 0. The summed E-state index contributed by atoms with van der Waals surface area (Å²) in [6.45, 7) is 0. The summed E-state index contributed by atoms with van der Waals surface area (Å²) in [5.41, 5.74) is 1.65. The Bertz CT molecular complexity index is 611. The van der Waals surface area contributed by atoms with Crippen molar-refractivity contribution in [1.82, 2.24) is 0 Å². The number of rotatable bonds is 5. The fourth-order valence-corrected chi connectivity index (χ4v) is 2.06. The van der Waals surface area contributed by atoms with Gasteiger partial charge in [-0.2, -0.15) is 0 Å². The summed E-state index contributed by atoms with van der Waals surface area (Å²) in [6, 6.07) is 12.1. The van der Waals surface area contributed by atoms with Gasteiger partial charge in [0.25, 0.3) is 5.69 Å². The van der Waals surface area contributed by atoms with Crippen LogP contribution in [0.5, 0.6) is 5.75 Å². The maximum absolute atomic E-state index is 11.0. The van der Waals surface area contributed by atoms with Gasteiger partial charge in [0, 0.05) is 16.7 Å². The topological polar surface area (TPSA) is 52.4 Å². The van der Waals surface area contributed by atoms with Crippen LogP contribution in [0, 0.1) is 16.5 Å². The summed E-state index contributed by atoms with van der Waals surface area (Å²) < 4.78 is 5.08. The number of nitrogens with zero attached hydrogens (tertiary/aromatic N) is 1. The fraction of sp³-hybridized carbons (Fsp3) is 0.133. The maximum Gasteiger partial charge on any atom is 0.272 e. The van der Waals surface area contributed by atoms with Crippen molar-refractivity contribution in [2.24, 2.45) is 0 Å². The highest BCUT2D eigenvalue weighted by atomic mass is 35.5. The van der Waals surface area contributed by atoms with Crippen LogP contribution in [0.25, 0.3) is 0 Å². The minimum atomic E-state index is -0.395. The third-order valence-electron chi connectivity index (χ3n) is 2.91. The molecule has 0 amide bonds. The van der Waals surface area contributed by atoms with E-state index in [2.05, 4.69) is 0 Å². The SMILES string of the molecule is COc1ccc([CH]Cc2cc(Cl)ccc2[N+](=O)[O-])cc1. The van der Waals surface area contributed by atoms with E-state index in [1.54, 1.807) is 13.2 Å². The van der Waals surface area contributed by atoms with Crippen LogP contribution in [0.15, 0.2) is 42.5 Å². The molecule has 0 fully saturated rings. The summed E-state index contributed by atoms with van der Waals surface area (Å²) in [4.78, 5) is 10.6. The zero-order chi connectivity index (χ0) is 14.5. The van der Waals surface area contributed by atoms with E-state index in [1.807, 2.05) is 30.7 Å². The Kier molecular flexibility index (Phi) is 4.58. The van der Waals surface area contributed by atoms with Gasteiger partial charge >= 0.3 is 0 Å². The highest BCUT2D eigenvalue weighted by Crippen LogP contribution is 2.25. The van der Waals surface area contributed by atoms with Gasteiger partial charge in [0.2, 0.25) is 0 Å². The molecule has 1 radical (unpaired) electrons. The van der Waals surface area contributed by atoms with Gasteiger partial charge in [0.15, 0.2) is 0 Å². The largest absolute Gasteiger partial charge is 0.497 e. The van der Waals surface area contributed by atoms with Crippen LogP contribution in [-0.2, 0) is 6.42 Å². The first-order valence-corrected chi connectivity index (χ1v) is 6.38. The molecule has 0 bridgehead atoms. The van der Waals surface area contributed by atoms with Crippen LogP contribution in [0.4, 0.5) is 5.69 Å². The molecule has 0 aliphatic rings. The lowest BCUT2D eigenvalue weighted by Crippen LogP contribution is -1.97. The molecule has 0 aliphatic heterocycles. The number of hydrogen-bond acceptors (Lipinski definition) is 3. The van der Waals surface area contributed by atoms with Crippen molar-refractivity contribution in [3.05, 3.63) is 75.1 Å². The fourth-order valence-electron chi connectivity index (χ4n) is 1.86. The van der Waals surface area contributed by atoms with Crippen LogP contribution in [0.2, 0.25) is 5.02 Å². The van der Waals surface area contributed by atoms with Crippen molar-refractivity contribution < 1.29 is 9.66 Å². The van der Waals surface area contributed by atoms with Crippen LogP contribution >= 0.6 is 11.6 Å². The molecule has 0 unspecified atom stereocenters. The third-order valence-corrected chi connectivity index (χ3v) is 3.15. The molecule has 5 heteroatoms. The first-order valence-electron chi connectivity index (χ1n) is 6.00. The van der Waals surface area contributed by atoms with Gasteiger partial charge < -0.3 is 4.74 Å². The van der Waals surface area contributed by atoms with Gasteiger partial charge in [-0.1, -0.05) is 23.7 Å². The van der Waals surface area contributed by atoms with E-state index < -0.39 is 4.92 Å². The lowest BCUT2D eigenvalue weighted by atomic mass is 10.0. The molecule has 0 N–H and O–H groups in total. The molecular formula is C15H13ClNO3. The monoisotopic (exact) mass is 290 g/mol. The van der Waals surface area contributed by atoms with Gasteiger partial charge in [-0.05, 0) is 42.7 Å². The quantitative estimate of drug-likeness (QED) is 0.616. The summed E-state index contributed by atoms with van der Waals surface area (Å²) >= 11 is 5.89.